The lowest BCUT2D eigenvalue weighted by atomic mass is 9.69. The van der Waals surface area contributed by atoms with Gasteiger partial charge in [0, 0.05) is 12.4 Å². The van der Waals surface area contributed by atoms with Crippen molar-refractivity contribution in [1.29, 1.82) is 0 Å². The SMILES string of the molecule is [CH](n1ccnc1)C(c1ccccc1)(c1ccccc1)c1ccccc1. The van der Waals surface area contributed by atoms with Crippen LogP contribution < -0.4 is 0 Å². The van der Waals surface area contributed by atoms with Crippen LogP contribution in [-0.2, 0) is 5.41 Å². The van der Waals surface area contributed by atoms with Crippen molar-refractivity contribution in [3.8, 4) is 0 Å². The number of nitrogens with zero attached hydrogens (tertiary/aromatic N) is 2. The van der Waals surface area contributed by atoms with Crippen molar-refractivity contribution in [2.45, 2.75) is 5.41 Å². The summed E-state index contributed by atoms with van der Waals surface area (Å²) in [6.45, 7) is 2.24. The Balaban J connectivity index is 2.01. The summed E-state index contributed by atoms with van der Waals surface area (Å²) in [4.78, 5) is 4.22. The summed E-state index contributed by atoms with van der Waals surface area (Å²) in [6, 6.07) is 31.9. The lowest BCUT2D eigenvalue weighted by molar-refractivity contribution is 0.651. The van der Waals surface area contributed by atoms with Gasteiger partial charge in [0.2, 0.25) is 0 Å². The van der Waals surface area contributed by atoms with E-state index < -0.39 is 5.41 Å². The molecular weight excluding hydrogens is 304 g/mol. The van der Waals surface area contributed by atoms with E-state index in [4.69, 9.17) is 0 Å². The van der Waals surface area contributed by atoms with Crippen molar-refractivity contribution in [2.75, 3.05) is 0 Å². The smallest absolute Gasteiger partial charge is 0.0949 e. The average molecular weight is 323 g/mol. The van der Waals surface area contributed by atoms with Gasteiger partial charge in [-0.3, -0.25) is 0 Å². The second-order valence-electron chi connectivity index (χ2n) is 6.05. The monoisotopic (exact) mass is 323 g/mol. The van der Waals surface area contributed by atoms with Crippen molar-refractivity contribution in [2.24, 2.45) is 0 Å². The summed E-state index contributed by atoms with van der Waals surface area (Å²) < 4.78 is 2.03. The maximum Gasteiger partial charge on any atom is 0.0949 e. The zero-order chi connectivity index (χ0) is 17.0. The van der Waals surface area contributed by atoms with Crippen molar-refractivity contribution in [3.05, 3.63) is 133 Å². The van der Waals surface area contributed by atoms with Gasteiger partial charge < -0.3 is 4.57 Å². The Hall–Kier alpha value is -3.13. The van der Waals surface area contributed by atoms with Crippen LogP contribution in [-0.4, -0.2) is 9.55 Å². The molecule has 0 aliphatic carbocycles. The van der Waals surface area contributed by atoms with Crippen molar-refractivity contribution >= 4 is 0 Å². The van der Waals surface area contributed by atoms with Crippen LogP contribution in [0.3, 0.4) is 0 Å². The third kappa shape index (κ3) is 2.87. The first-order valence-corrected chi connectivity index (χ1v) is 8.40. The van der Waals surface area contributed by atoms with Gasteiger partial charge in [-0.05, 0) is 16.7 Å². The van der Waals surface area contributed by atoms with E-state index >= 15 is 0 Å². The molecule has 0 aliphatic rings. The Labute approximate surface area is 148 Å². The molecule has 1 radical (unpaired) electrons. The van der Waals surface area contributed by atoms with E-state index in [1.165, 1.54) is 16.7 Å². The quantitative estimate of drug-likeness (QED) is 0.476. The minimum absolute atomic E-state index is 0.398. The maximum absolute atomic E-state index is 4.22. The summed E-state index contributed by atoms with van der Waals surface area (Å²) in [6.07, 6.45) is 5.62. The van der Waals surface area contributed by atoms with E-state index in [0.29, 0.717) is 0 Å². The zero-order valence-corrected chi connectivity index (χ0v) is 13.9. The Kier molecular flexibility index (Phi) is 4.17. The van der Waals surface area contributed by atoms with Crippen LogP contribution in [0.1, 0.15) is 16.7 Å². The Morgan fingerprint density at radius 2 is 1.08 bits per heavy atom. The first-order valence-electron chi connectivity index (χ1n) is 8.40. The normalized spacial score (nSPS) is 11.4. The third-order valence-electron chi connectivity index (χ3n) is 4.55. The Morgan fingerprint density at radius 3 is 1.44 bits per heavy atom. The molecule has 2 nitrogen and oxygen atoms in total. The van der Waals surface area contributed by atoms with Crippen LogP contribution >= 0.6 is 0 Å². The summed E-state index contributed by atoms with van der Waals surface area (Å²) >= 11 is 0. The summed E-state index contributed by atoms with van der Waals surface area (Å²) in [5, 5.41) is 0. The van der Waals surface area contributed by atoms with E-state index in [2.05, 4.69) is 103 Å². The highest BCUT2D eigenvalue weighted by atomic mass is 15.0. The number of benzene rings is 3. The maximum atomic E-state index is 4.22. The average Bonchev–Trinajstić information content (AvgIpc) is 3.21. The molecule has 2 heteroatoms. The molecule has 0 aliphatic heterocycles. The molecule has 4 rings (SSSR count). The van der Waals surface area contributed by atoms with Crippen molar-refractivity contribution in [3.63, 3.8) is 0 Å². The molecule has 0 saturated heterocycles. The van der Waals surface area contributed by atoms with Crippen molar-refractivity contribution in [1.82, 2.24) is 9.55 Å². The minimum Gasteiger partial charge on any atom is -0.331 e. The van der Waals surface area contributed by atoms with E-state index in [-0.39, 0.29) is 0 Å². The molecule has 1 heterocycles. The molecule has 4 aromatic rings. The topological polar surface area (TPSA) is 17.8 Å². The molecule has 25 heavy (non-hydrogen) atoms. The van der Waals surface area contributed by atoms with Gasteiger partial charge in [-0.15, -0.1) is 0 Å². The summed E-state index contributed by atoms with van der Waals surface area (Å²) in [7, 11) is 0. The van der Waals surface area contributed by atoms with Gasteiger partial charge in [-0.2, -0.15) is 0 Å². The van der Waals surface area contributed by atoms with E-state index in [0.717, 1.165) is 0 Å². The fraction of sp³-hybridized carbons (Fsp3) is 0.0435. The van der Waals surface area contributed by atoms with Crippen LogP contribution in [0.15, 0.2) is 110 Å². The second-order valence-corrected chi connectivity index (χ2v) is 6.05. The molecule has 0 spiro atoms. The summed E-state index contributed by atoms with van der Waals surface area (Å²) in [5.74, 6) is 0. The first kappa shape index (κ1) is 15.4. The van der Waals surface area contributed by atoms with Gasteiger partial charge >= 0.3 is 0 Å². The fourth-order valence-electron chi connectivity index (χ4n) is 3.40. The van der Waals surface area contributed by atoms with Gasteiger partial charge in [0.05, 0.1) is 18.3 Å². The third-order valence-corrected chi connectivity index (χ3v) is 4.55. The predicted octanol–water partition coefficient (Wildman–Crippen LogP) is 4.93. The van der Waals surface area contributed by atoms with Gasteiger partial charge in [0.25, 0.3) is 0 Å². The predicted molar refractivity (Wildman–Crippen MR) is 101 cm³/mol. The molecular formula is C23H19N2. The molecule has 3 aromatic carbocycles. The van der Waals surface area contributed by atoms with Gasteiger partial charge in [-0.25, -0.2) is 4.98 Å². The van der Waals surface area contributed by atoms with Crippen LogP contribution in [0, 0.1) is 6.54 Å². The minimum atomic E-state index is -0.398. The molecule has 1 aromatic heterocycles. The number of hydrogen-bond acceptors (Lipinski definition) is 1. The van der Waals surface area contributed by atoms with Crippen LogP contribution in [0.5, 0.6) is 0 Å². The molecule has 0 N–H and O–H groups in total. The van der Waals surface area contributed by atoms with Crippen LogP contribution in [0.4, 0.5) is 0 Å². The molecule has 0 unspecified atom stereocenters. The highest BCUT2D eigenvalue weighted by Crippen LogP contribution is 2.41. The van der Waals surface area contributed by atoms with E-state index in [1.807, 2.05) is 23.3 Å². The number of imidazole rings is 1. The second kappa shape index (κ2) is 6.78. The van der Waals surface area contributed by atoms with Crippen LogP contribution in [0.2, 0.25) is 0 Å². The Bertz CT molecular complexity index is 802. The molecule has 0 bridgehead atoms. The van der Waals surface area contributed by atoms with E-state index in [1.54, 1.807) is 0 Å². The highest BCUT2D eigenvalue weighted by Gasteiger charge is 2.37. The number of rotatable bonds is 5. The Morgan fingerprint density at radius 1 is 0.640 bits per heavy atom. The number of aromatic nitrogens is 2. The van der Waals surface area contributed by atoms with Gasteiger partial charge in [-0.1, -0.05) is 91.0 Å². The number of hydrogen-bond donors (Lipinski definition) is 0. The van der Waals surface area contributed by atoms with Crippen LogP contribution in [0.25, 0.3) is 0 Å². The lowest BCUT2D eigenvalue weighted by Crippen LogP contribution is -2.32. The lowest BCUT2D eigenvalue weighted by Gasteiger charge is -2.35. The first-order chi connectivity index (χ1) is 12.4. The van der Waals surface area contributed by atoms with Gasteiger partial charge in [0.15, 0.2) is 0 Å². The largest absolute Gasteiger partial charge is 0.331 e. The van der Waals surface area contributed by atoms with Gasteiger partial charge in [0.1, 0.15) is 0 Å². The van der Waals surface area contributed by atoms with E-state index in [9.17, 15) is 0 Å². The van der Waals surface area contributed by atoms with Crippen molar-refractivity contribution < 1.29 is 0 Å². The molecule has 0 saturated carbocycles. The standard InChI is InChI=1S/C23H19N2/c1-4-10-20(11-5-1)23(18-25-17-16-24-19-25,21-12-6-2-7-13-21)22-14-8-3-9-15-22/h1-19H. The highest BCUT2D eigenvalue weighted by molar-refractivity contribution is 5.53. The molecule has 121 valence electrons. The molecule has 0 amide bonds. The summed E-state index contributed by atoms with van der Waals surface area (Å²) in [5.41, 5.74) is 3.27. The molecule has 0 atom stereocenters. The fourth-order valence-corrected chi connectivity index (χ4v) is 3.40. The zero-order valence-electron chi connectivity index (χ0n) is 13.9. The molecule has 0 fully saturated rings.